The van der Waals surface area contributed by atoms with E-state index in [0.717, 1.165) is 34.8 Å². The molecule has 1 aliphatic rings. The highest BCUT2D eigenvalue weighted by molar-refractivity contribution is 7.12. The molecule has 0 radical (unpaired) electrons. The van der Waals surface area contributed by atoms with Crippen LogP contribution in [0.25, 0.3) is 0 Å². The average Bonchev–Trinajstić information content (AvgIpc) is 3.08. The van der Waals surface area contributed by atoms with Crippen LogP contribution in [0.1, 0.15) is 16.9 Å². The van der Waals surface area contributed by atoms with Crippen LogP contribution in [-0.4, -0.2) is 43.8 Å². The summed E-state index contributed by atoms with van der Waals surface area (Å²) in [5.74, 6) is 0.722. The number of nitrogens with zero attached hydrogens (tertiary/aromatic N) is 3. The third kappa shape index (κ3) is 5.20. The Hall–Kier alpha value is -1.60. The van der Waals surface area contributed by atoms with E-state index in [0.29, 0.717) is 18.8 Å². The number of hydrogen-bond donors (Lipinski definition) is 1. The molecule has 0 spiro atoms. The number of fused-ring (bicyclic) bond motifs is 1. The quantitative estimate of drug-likeness (QED) is 0.601. The summed E-state index contributed by atoms with van der Waals surface area (Å²) in [5, 5.41) is 1.98. The fourth-order valence-corrected chi connectivity index (χ4v) is 3.41. The summed E-state index contributed by atoms with van der Waals surface area (Å²) in [5.41, 5.74) is 9.07. The highest BCUT2D eigenvalue weighted by atomic mass is 35.5. The Balaban J connectivity index is 0.00000169. The molecule has 1 aromatic heterocycles. The van der Waals surface area contributed by atoms with Crippen LogP contribution in [0.4, 0.5) is 11.4 Å². The van der Waals surface area contributed by atoms with Crippen molar-refractivity contribution in [2.75, 3.05) is 32.1 Å². The van der Waals surface area contributed by atoms with Gasteiger partial charge in [0.2, 0.25) is 5.91 Å². The van der Waals surface area contributed by atoms with Gasteiger partial charge in [0, 0.05) is 25.2 Å². The maximum absolute atomic E-state index is 12.2. The molecule has 2 N–H and O–H groups in total. The lowest BCUT2D eigenvalue weighted by Gasteiger charge is -2.30. The molecule has 1 aliphatic heterocycles. The Morgan fingerprint density at radius 1 is 1.27 bits per heavy atom. The predicted molar refractivity (Wildman–Crippen MR) is 115 cm³/mol. The van der Waals surface area contributed by atoms with Gasteiger partial charge in [0.25, 0.3) is 0 Å². The van der Waals surface area contributed by atoms with Crippen LogP contribution in [0.3, 0.4) is 0 Å². The Morgan fingerprint density at radius 2 is 2.04 bits per heavy atom. The van der Waals surface area contributed by atoms with Gasteiger partial charge in [-0.1, -0.05) is 6.07 Å². The van der Waals surface area contributed by atoms with Crippen LogP contribution in [0.5, 0.6) is 0 Å². The smallest absolute Gasteiger partial charge is 0.227 e. The molecular weight excluding hydrogens is 391 g/mol. The molecule has 0 aliphatic carbocycles. The standard InChI is InChI=1S/C18H22N4OS.2ClH/c1-21(2)9-10-22-15-7-6-14(12-13(15)5-8-17(22)23)20-18(19)16-4-3-11-24-16;;/h3-4,6-7,11-12H,5,8-10H2,1-2H3,(H2,19,20);2*1H. The molecule has 0 atom stereocenters. The molecule has 0 unspecified atom stereocenters. The predicted octanol–water partition coefficient (Wildman–Crippen LogP) is 3.47. The molecule has 142 valence electrons. The number of rotatable bonds is 5. The second-order valence-electron chi connectivity index (χ2n) is 6.14. The zero-order chi connectivity index (χ0) is 17.1. The van der Waals surface area contributed by atoms with E-state index in [1.807, 2.05) is 54.7 Å². The number of amides is 1. The van der Waals surface area contributed by atoms with Gasteiger partial charge >= 0.3 is 0 Å². The van der Waals surface area contributed by atoms with Crippen LogP contribution < -0.4 is 10.6 Å². The lowest BCUT2D eigenvalue weighted by atomic mass is 10.0. The van der Waals surface area contributed by atoms with Crippen LogP contribution in [0, 0.1) is 0 Å². The van der Waals surface area contributed by atoms with Gasteiger partial charge < -0.3 is 15.5 Å². The lowest BCUT2D eigenvalue weighted by molar-refractivity contribution is -0.118. The number of carbonyl (C=O) groups excluding carboxylic acids is 1. The van der Waals surface area contributed by atoms with Crippen molar-refractivity contribution in [1.82, 2.24) is 4.90 Å². The van der Waals surface area contributed by atoms with Crippen LogP contribution in [0.15, 0.2) is 40.7 Å². The molecule has 2 heterocycles. The highest BCUT2D eigenvalue weighted by Crippen LogP contribution is 2.31. The number of carbonyl (C=O) groups is 1. The van der Waals surface area contributed by atoms with Crippen molar-refractivity contribution >= 4 is 59.3 Å². The molecule has 0 bridgehead atoms. The van der Waals surface area contributed by atoms with Gasteiger partial charge in [-0.25, -0.2) is 4.99 Å². The molecule has 1 amide bonds. The van der Waals surface area contributed by atoms with Crippen molar-refractivity contribution < 1.29 is 4.79 Å². The maximum Gasteiger partial charge on any atom is 0.227 e. The Bertz CT molecular complexity index is 763. The molecule has 0 saturated carbocycles. The van der Waals surface area contributed by atoms with Crippen LogP contribution in [-0.2, 0) is 11.2 Å². The van der Waals surface area contributed by atoms with Gasteiger partial charge in [-0.3, -0.25) is 4.79 Å². The Kier molecular flexibility index (Phi) is 8.56. The Morgan fingerprint density at radius 3 is 2.69 bits per heavy atom. The summed E-state index contributed by atoms with van der Waals surface area (Å²) in [6.07, 6.45) is 1.31. The third-order valence-electron chi connectivity index (χ3n) is 4.06. The SMILES string of the molecule is CN(C)CCN1C(=O)CCc2cc(N=C(N)c3cccs3)ccc21.Cl.Cl. The molecule has 0 fully saturated rings. The summed E-state index contributed by atoms with van der Waals surface area (Å²) in [6, 6.07) is 9.89. The van der Waals surface area contributed by atoms with E-state index < -0.39 is 0 Å². The number of amidine groups is 1. The fraction of sp³-hybridized carbons (Fsp3) is 0.333. The molecule has 1 aromatic carbocycles. The summed E-state index contributed by atoms with van der Waals surface area (Å²) >= 11 is 1.58. The van der Waals surface area contributed by atoms with E-state index in [1.165, 1.54) is 0 Å². The van der Waals surface area contributed by atoms with E-state index in [-0.39, 0.29) is 30.7 Å². The first-order valence-corrected chi connectivity index (χ1v) is 8.88. The lowest BCUT2D eigenvalue weighted by Crippen LogP contribution is -2.39. The van der Waals surface area contributed by atoms with Crippen molar-refractivity contribution in [3.8, 4) is 0 Å². The number of likely N-dealkylation sites (N-methyl/N-ethyl adjacent to an activating group) is 1. The van der Waals surface area contributed by atoms with Gasteiger partial charge in [-0.2, -0.15) is 0 Å². The second kappa shape index (κ2) is 9.92. The number of nitrogens with two attached hydrogens (primary N) is 1. The minimum absolute atomic E-state index is 0. The summed E-state index contributed by atoms with van der Waals surface area (Å²) in [7, 11) is 4.03. The zero-order valence-corrected chi connectivity index (χ0v) is 17.3. The number of aliphatic imine (C=N–C) groups is 1. The maximum atomic E-state index is 12.2. The van der Waals surface area contributed by atoms with Gasteiger partial charge in [0.05, 0.1) is 10.6 Å². The summed E-state index contributed by atoms with van der Waals surface area (Å²) < 4.78 is 0. The minimum atomic E-state index is 0. The van der Waals surface area contributed by atoms with Gasteiger partial charge in [-0.15, -0.1) is 36.2 Å². The van der Waals surface area contributed by atoms with Crippen molar-refractivity contribution in [3.63, 3.8) is 0 Å². The van der Waals surface area contributed by atoms with Crippen LogP contribution in [0.2, 0.25) is 0 Å². The summed E-state index contributed by atoms with van der Waals surface area (Å²) in [4.78, 5) is 21.7. The normalized spacial score (nSPS) is 13.9. The first-order valence-electron chi connectivity index (χ1n) is 8.00. The van der Waals surface area contributed by atoms with E-state index in [4.69, 9.17) is 5.73 Å². The van der Waals surface area contributed by atoms with E-state index in [2.05, 4.69) is 9.89 Å². The van der Waals surface area contributed by atoms with E-state index >= 15 is 0 Å². The monoisotopic (exact) mass is 414 g/mol. The second-order valence-corrected chi connectivity index (χ2v) is 7.08. The zero-order valence-electron chi connectivity index (χ0n) is 14.8. The van der Waals surface area contributed by atoms with Gasteiger partial charge in [-0.05, 0) is 55.7 Å². The average molecular weight is 415 g/mol. The van der Waals surface area contributed by atoms with Crippen molar-refractivity contribution in [1.29, 1.82) is 0 Å². The van der Waals surface area contributed by atoms with Crippen molar-refractivity contribution in [2.24, 2.45) is 10.7 Å². The number of thiophene rings is 1. The van der Waals surface area contributed by atoms with Gasteiger partial charge in [0.15, 0.2) is 0 Å². The Labute approximate surface area is 170 Å². The molecule has 26 heavy (non-hydrogen) atoms. The molecule has 8 heteroatoms. The largest absolute Gasteiger partial charge is 0.383 e. The van der Waals surface area contributed by atoms with Crippen molar-refractivity contribution in [3.05, 3.63) is 46.2 Å². The molecule has 3 rings (SSSR count). The van der Waals surface area contributed by atoms with Gasteiger partial charge in [0.1, 0.15) is 5.84 Å². The number of hydrogen-bond acceptors (Lipinski definition) is 4. The molecule has 0 saturated heterocycles. The molecular formula is C18H24Cl2N4OS. The van der Waals surface area contributed by atoms with E-state index in [9.17, 15) is 4.79 Å². The minimum Gasteiger partial charge on any atom is -0.383 e. The summed E-state index contributed by atoms with van der Waals surface area (Å²) in [6.45, 7) is 1.55. The van der Waals surface area contributed by atoms with Crippen molar-refractivity contribution in [2.45, 2.75) is 12.8 Å². The molecule has 5 nitrogen and oxygen atoms in total. The highest BCUT2D eigenvalue weighted by Gasteiger charge is 2.24. The topological polar surface area (TPSA) is 61.9 Å². The number of benzene rings is 1. The number of halogens is 2. The fourth-order valence-electron chi connectivity index (χ4n) is 2.78. The first-order chi connectivity index (χ1) is 11.5. The number of anilines is 1. The number of aryl methyl sites for hydroxylation is 1. The third-order valence-corrected chi connectivity index (χ3v) is 4.95. The first kappa shape index (κ1) is 22.4. The molecule has 2 aromatic rings. The van der Waals surface area contributed by atoms with Crippen LogP contribution >= 0.6 is 36.2 Å². The van der Waals surface area contributed by atoms with E-state index in [1.54, 1.807) is 11.3 Å².